The molecule has 0 aliphatic rings. The first kappa shape index (κ1) is 14.7. The Hall–Kier alpha value is -1.32. The molecule has 0 aromatic carbocycles. The van der Waals surface area contributed by atoms with Gasteiger partial charge in [-0.05, 0) is 19.3 Å². The van der Waals surface area contributed by atoms with Crippen LogP contribution in [0, 0.1) is 5.92 Å². The number of carbonyl (C=O) groups is 2. The normalized spacial score (nSPS) is 12.0. The molecule has 4 nitrogen and oxygen atoms in total. The van der Waals surface area contributed by atoms with Gasteiger partial charge in [0.25, 0.3) is 0 Å². The van der Waals surface area contributed by atoms with Gasteiger partial charge in [0.15, 0.2) is 0 Å². The summed E-state index contributed by atoms with van der Waals surface area (Å²) in [5, 5.41) is 0. The molecular weight excluding hydrogens is 208 g/mol. The zero-order valence-corrected chi connectivity index (χ0v) is 10.2. The maximum Gasteiger partial charge on any atom is 0.330 e. The lowest BCUT2D eigenvalue weighted by Crippen LogP contribution is -2.21. The van der Waals surface area contributed by atoms with E-state index in [1.165, 1.54) is 0 Å². The second-order valence-electron chi connectivity index (χ2n) is 4.07. The lowest BCUT2D eigenvalue weighted by molar-refractivity contribution is -0.154. The highest BCUT2D eigenvalue weighted by molar-refractivity contribution is 5.81. The summed E-state index contributed by atoms with van der Waals surface area (Å²) in [6.45, 7) is 9.12. The molecule has 0 fully saturated rings. The summed E-state index contributed by atoms with van der Waals surface area (Å²) in [5.74, 6) is -0.288. The number of ether oxygens (including phenoxy) is 2. The van der Waals surface area contributed by atoms with Crippen molar-refractivity contribution < 1.29 is 19.1 Å². The van der Waals surface area contributed by atoms with Gasteiger partial charge in [0.1, 0.15) is 12.7 Å². The molecule has 0 bridgehead atoms. The predicted octanol–water partition coefficient (Wildman–Crippen LogP) is 2.08. The number of hydrogen-bond acceptors (Lipinski definition) is 4. The number of hydrogen-bond donors (Lipinski definition) is 0. The lowest BCUT2D eigenvalue weighted by atomic mass is 10.1. The fourth-order valence-electron chi connectivity index (χ4n) is 0.969. The van der Waals surface area contributed by atoms with Crippen molar-refractivity contribution in [1.29, 1.82) is 0 Å². The zero-order chi connectivity index (χ0) is 12.6. The van der Waals surface area contributed by atoms with E-state index in [1.54, 1.807) is 6.92 Å². The van der Waals surface area contributed by atoms with E-state index in [2.05, 4.69) is 6.58 Å². The van der Waals surface area contributed by atoms with E-state index in [-0.39, 0.29) is 12.6 Å². The van der Waals surface area contributed by atoms with Gasteiger partial charge in [0.05, 0.1) is 0 Å². The minimum atomic E-state index is -0.509. The third-order valence-corrected chi connectivity index (χ3v) is 1.89. The quantitative estimate of drug-likeness (QED) is 0.494. The van der Waals surface area contributed by atoms with Crippen LogP contribution < -0.4 is 0 Å². The molecule has 0 saturated carbocycles. The first-order valence-electron chi connectivity index (χ1n) is 5.44. The van der Waals surface area contributed by atoms with Crippen molar-refractivity contribution in [2.75, 3.05) is 6.61 Å². The molecule has 0 aromatic rings. The number of rotatable bonds is 7. The summed E-state index contributed by atoms with van der Waals surface area (Å²) in [4.78, 5) is 22.0. The SMILES string of the molecule is C=CC(=O)OC(C)COC(=O)CCC(C)C. The fourth-order valence-corrected chi connectivity index (χ4v) is 0.969. The molecular formula is C12H20O4. The molecule has 4 heteroatoms. The van der Waals surface area contributed by atoms with Crippen LogP contribution in [0.25, 0.3) is 0 Å². The third-order valence-electron chi connectivity index (χ3n) is 1.89. The van der Waals surface area contributed by atoms with Crippen molar-refractivity contribution in [1.82, 2.24) is 0 Å². The van der Waals surface area contributed by atoms with Gasteiger partial charge in [-0.3, -0.25) is 4.79 Å². The highest BCUT2D eigenvalue weighted by Gasteiger charge is 2.10. The van der Waals surface area contributed by atoms with Crippen molar-refractivity contribution in [3.05, 3.63) is 12.7 Å². The first-order valence-corrected chi connectivity index (χ1v) is 5.44. The monoisotopic (exact) mass is 228 g/mol. The van der Waals surface area contributed by atoms with E-state index < -0.39 is 12.1 Å². The molecule has 0 rings (SSSR count). The van der Waals surface area contributed by atoms with Gasteiger partial charge in [-0.15, -0.1) is 0 Å². The Bertz CT molecular complexity index is 245. The van der Waals surface area contributed by atoms with E-state index >= 15 is 0 Å². The molecule has 0 N–H and O–H groups in total. The van der Waals surface area contributed by atoms with E-state index in [0.29, 0.717) is 12.3 Å². The predicted molar refractivity (Wildman–Crippen MR) is 60.8 cm³/mol. The number of esters is 2. The van der Waals surface area contributed by atoms with Gasteiger partial charge in [0, 0.05) is 12.5 Å². The lowest BCUT2D eigenvalue weighted by Gasteiger charge is -2.12. The highest BCUT2D eigenvalue weighted by Crippen LogP contribution is 2.05. The second-order valence-corrected chi connectivity index (χ2v) is 4.07. The summed E-state index contributed by atoms with van der Waals surface area (Å²) >= 11 is 0. The second kappa shape index (κ2) is 7.91. The molecule has 0 aliphatic carbocycles. The van der Waals surface area contributed by atoms with Gasteiger partial charge < -0.3 is 9.47 Å². The van der Waals surface area contributed by atoms with Gasteiger partial charge >= 0.3 is 11.9 Å². The standard InChI is InChI=1S/C12H20O4/c1-5-11(13)16-10(4)8-15-12(14)7-6-9(2)3/h5,9-10H,1,6-8H2,2-4H3. The molecule has 1 unspecified atom stereocenters. The molecule has 0 amide bonds. The maximum atomic E-state index is 11.2. The average molecular weight is 228 g/mol. The van der Waals surface area contributed by atoms with E-state index in [0.717, 1.165) is 12.5 Å². The van der Waals surface area contributed by atoms with Crippen molar-refractivity contribution in [2.24, 2.45) is 5.92 Å². The van der Waals surface area contributed by atoms with Crippen LogP contribution in [0.1, 0.15) is 33.6 Å². The van der Waals surface area contributed by atoms with Crippen LogP contribution in [-0.2, 0) is 19.1 Å². The summed E-state index contributed by atoms with van der Waals surface area (Å²) in [6, 6.07) is 0. The van der Waals surface area contributed by atoms with Crippen molar-refractivity contribution in [3.63, 3.8) is 0 Å². The van der Waals surface area contributed by atoms with Gasteiger partial charge in [-0.2, -0.15) is 0 Å². The van der Waals surface area contributed by atoms with E-state index in [9.17, 15) is 9.59 Å². The topological polar surface area (TPSA) is 52.6 Å². The van der Waals surface area contributed by atoms with E-state index in [1.807, 2.05) is 13.8 Å². The van der Waals surface area contributed by atoms with Crippen LogP contribution in [0.15, 0.2) is 12.7 Å². The van der Waals surface area contributed by atoms with Crippen LogP contribution in [0.5, 0.6) is 0 Å². The van der Waals surface area contributed by atoms with Gasteiger partial charge in [-0.1, -0.05) is 20.4 Å². The smallest absolute Gasteiger partial charge is 0.330 e. The van der Waals surface area contributed by atoms with Crippen LogP contribution in [-0.4, -0.2) is 24.6 Å². The van der Waals surface area contributed by atoms with Crippen LogP contribution in [0.3, 0.4) is 0 Å². The molecule has 0 spiro atoms. The molecule has 92 valence electrons. The molecule has 0 aromatic heterocycles. The molecule has 1 atom stereocenters. The first-order chi connectivity index (χ1) is 7.45. The van der Waals surface area contributed by atoms with Crippen LogP contribution in [0.4, 0.5) is 0 Å². The minimum absolute atomic E-state index is 0.0938. The van der Waals surface area contributed by atoms with Crippen LogP contribution >= 0.6 is 0 Å². The Morgan fingerprint density at radius 1 is 1.31 bits per heavy atom. The van der Waals surface area contributed by atoms with Crippen molar-refractivity contribution >= 4 is 11.9 Å². The summed E-state index contributed by atoms with van der Waals surface area (Å²) in [5.41, 5.74) is 0. The Morgan fingerprint density at radius 3 is 2.44 bits per heavy atom. The van der Waals surface area contributed by atoms with Crippen LogP contribution in [0.2, 0.25) is 0 Å². The Balaban J connectivity index is 3.66. The Kier molecular flexibility index (Phi) is 7.25. The van der Waals surface area contributed by atoms with Gasteiger partial charge in [-0.25, -0.2) is 4.79 Å². The molecule has 16 heavy (non-hydrogen) atoms. The van der Waals surface area contributed by atoms with Crippen molar-refractivity contribution in [2.45, 2.75) is 39.7 Å². The maximum absolute atomic E-state index is 11.2. The number of carbonyl (C=O) groups excluding carboxylic acids is 2. The minimum Gasteiger partial charge on any atom is -0.462 e. The van der Waals surface area contributed by atoms with E-state index in [4.69, 9.17) is 9.47 Å². The zero-order valence-electron chi connectivity index (χ0n) is 10.2. The third kappa shape index (κ3) is 8.03. The molecule has 0 saturated heterocycles. The molecule has 0 heterocycles. The summed E-state index contributed by atoms with van der Waals surface area (Å²) in [6.07, 6.45) is 1.85. The summed E-state index contributed by atoms with van der Waals surface area (Å²) < 4.78 is 9.79. The Morgan fingerprint density at radius 2 is 1.94 bits per heavy atom. The van der Waals surface area contributed by atoms with Gasteiger partial charge in [0.2, 0.25) is 0 Å². The largest absolute Gasteiger partial charge is 0.462 e. The fraction of sp³-hybridized carbons (Fsp3) is 0.667. The molecule has 0 aliphatic heterocycles. The Labute approximate surface area is 96.6 Å². The average Bonchev–Trinajstić information content (AvgIpc) is 2.23. The highest BCUT2D eigenvalue weighted by atomic mass is 16.6. The molecule has 0 radical (unpaired) electrons. The summed E-state index contributed by atoms with van der Waals surface area (Å²) in [7, 11) is 0. The van der Waals surface area contributed by atoms with Crippen molar-refractivity contribution in [3.8, 4) is 0 Å².